The molecule has 2 fully saturated rings. The third-order valence-corrected chi connectivity index (χ3v) is 4.29. The third-order valence-electron chi connectivity index (χ3n) is 4.29. The molecule has 2 aliphatic rings. The van der Waals surface area contributed by atoms with Crippen LogP contribution in [0.15, 0.2) is 0 Å². The first kappa shape index (κ1) is 12.4. The van der Waals surface area contributed by atoms with Gasteiger partial charge < -0.3 is 5.32 Å². The summed E-state index contributed by atoms with van der Waals surface area (Å²) in [7, 11) is 0. The zero-order valence-electron chi connectivity index (χ0n) is 11.0. The second-order valence-electron chi connectivity index (χ2n) is 5.71. The molecule has 0 spiro atoms. The Labute approximate surface area is 101 Å². The Kier molecular flexibility index (Phi) is 4.66. The minimum atomic E-state index is 0.822. The summed E-state index contributed by atoms with van der Waals surface area (Å²) in [4.78, 5) is 2.64. The number of likely N-dealkylation sites (tertiary alicyclic amines) is 1. The maximum absolute atomic E-state index is 3.79. The average molecular weight is 224 g/mol. The van der Waals surface area contributed by atoms with Gasteiger partial charge in [-0.2, -0.15) is 0 Å². The van der Waals surface area contributed by atoms with E-state index in [9.17, 15) is 0 Å². The first-order chi connectivity index (χ1) is 7.81. The summed E-state index contributed by atoms with van der Waals surface area (Å²) in [5, 5.41) is 3.79. The number of rotatable bonds is 7. The van der Waals surface area contributed by atoms with Crippen LogP contribution in [0.5, 0.6) is 0 Å². The van der Waals surface area contributed by atoms with E-state index in [1.165, 1.54) is 58.2 Å². The Morgan fingerprint density at radius 2 is 2.12 bits per heavy atom. The highest BCUT2D eigenvalue weighted by atomic mass is 15.2. The molecule has 0 aromatic heterocycles. The molecular formula is C14H28N2. The molecule has 0 aromatic carbocycles. The normalized spacial score (nSPS) is 28.5. The van der Waals surface area contributed by atoms with Crippen molar-refractivity contribution in [3.05, 3.63) is 0 Å². The maximum Gasteiger partial charge on any atom is 0.0110 e. The molecule has 0 aromatic rings. The molecule has 2 nitrogen and oxygen atoms in total. The van der Waals surface area contributed by atoms with Gasteiger partial charge in [-0.05, 0) is 51.5 Å². The minimum absolute atomic E-state index is 0.822. The molecule has 0 bridgehead atoms. The van der Waals surface area contributed by atoms with E-state index < -0.39 is 0 Å². The van der Waals surface area contributed by atoms with Gasteiger partial charge >= 0.3 is 0 Å². The summed E-state index contributed by atoms with van der Waals surface area (Å²) >= 11 is 0. The highest BCUT2D eigenvalue weighted by Crippen LogP contribution is 2.34. The first-order valence-corrected chi connectivity index (χ1v) is 7.28. The van der Waals surface area contributed by atoms with Gasteiger partial charge in [-0.1, -0.05) is 13.3 Å². The highest BCUT2D eigenvalue weighted by molar-refractivity contribution is 4.86. The standard InChI is InChI=1S/C14H28N2/c1-3-5-14(13-7-8-13)15-9-11-16-10-4-6-12(16)2/h12-15H,3-11H2,1-2H3. The van der Waals surface area contributed by atoms with Gasteiger partial charge in [0.15, 0.2) is 0 Å². The van der Waals surface area contributed by atoms with Gasteiger partial charge in [0.1, 0.15) is 0 Å². The predicted molar refractivity (Wildman–Crippen MR) is 69.7 cm³/mol. The highest BCUT2D eigenvalue weighted by Gasteiger charge is 2.30. The molecule has 2 rings (SSSR count). The van der Waals surface area contributed by atoms with Crippen molar-refractivity contribution in [1.29, 1.82) is 0 Å². The first-order valence-electron chi connectivity index (χ1n) is 7.28. The fourth-order valence-corrected chi connectivity index (χ4v) is 3.03. The summed E-state index contributed by atoms with van der Waals surface area (Å²) in [6.45, 7) is 8.46. The molecule has 16 heavy (non-hydrogen) atoms. The van der Waals surface area contributed by atoms with E-state index in [-0.39, 0.29) is 0 Å². The predicted octanol–water partition coefficient (Wildman–Crippen LogP) is 2.64. The SMILES string of the molecule is CCCC(NCCN1CCCC1C)C1CC1. The molecule has 1 saturated heterocycles. The van der Waals surface area contributed by atoms with Crippen LogP contribution in [0.4, 0.5) is 0 Å². The van der Waals surface area contributed by atoms with Gasteiger partial charge in [-0.25, -0.2) is 0 Å². The molecule has 0 amide bonds. The van der Waals surface area contributed by atoms with E-state index in [0.29, 0.717) is 0 Å². The smallest absolute Gasteiger partial charge is 0.0110 e. The topological polar surface area (TPSA) is 15.3 Å². The lowest BCUT2D eigenvalue weighted by Crippen LogP contribution is -2.39. The van der Waals surface area contributed by atoms with Gasteiger partial charge in [-0.3, -0.25) is 4.90 Å². The van der Waals surface area contributed by atoms with Crippen molar-refractivity contribution < 1.29 is 0 Å². The molecule has 1 saturated carbocycles. The lowest BCUT2D eigenvalue weighted by Gasteiger charge is -2.23. The largest absolute Gasteiger partial charge is 0.312 e. The summed E-state index contributed by atoms with van der Waals surface area (Å²) < 4.78 is 0. The van der Waals surface area contributed by atoms with Gasteiger partial charge in [0.2, 0.25) is 0 Å². The molecule has 94 valence electrons. The lowest BCUT2D eigenvalue weighted by molar-refractivity contribution is 0.260. The van der Waals surface area contributed by atoms with E-state index in [1.54, 1.807) is 0 Å². The van der Waals surface area contributed by atoms with Crippen molar-refractivity contribution in [2.45, 2.75) is 64.5 Å². The minimum Gasteiger partial charge on any atom is -0.312 e. The Bertz CT molecular complexity index is 201. The Morgan fingerprint density at radius 1 is 1.31 bits per heavy atom. The van der Waals surface area contributed by atoms with Crippen LogP contribution in [0, 0.1) is 5.92 Å². The summed E-state index contributed by atoms with van der Waals surface area (Å²) in [6.07, 6.45) is 8.45. The van der Waals surface area contributed by atoms with Gasteiger partial charge in [0.25, 0.3) is 0 Å². The maximum atomic E-state index is 3.79. The fraction of sp³-hybridized carbons (Fsp3) is 1.00. The second-order valence-corrected chi connectivity index (χ2v) is 5.71. The van der Waals surface area contributed by atoms with Crippen molar-refractivity contribution in [3.63, 3.8) is 0 Å². The van der Waals surface area contributed by atoms with Crippen LogP contribution in [0.1, 0.15) is 52.4 Å². The van der Waals surface area contributed by atoms with Crippen molar-refractivity contribution in [2.24, 2.45) is 5.92 Å². The number of hydrogen-bond acceptors (Lipinski definition) is 2. The molecule has 1 aliphatic carbocycles. The Morgan fingerprint density at radius 3 is 2.69 bits per heavy atom. The van der Waals surface area contributed by atoms with Crippen LogP contribution < -0.4 is 5.32 Å². The summed E-state index contributed by atoms with van der Waals surface area (Å²) in [5.41, 5.74) is 0. The number of nitrogens with one attached hydrogen (secondary N) is 1. The molecule has 2 unspecified atom stereocenters. The van der Waals surface area contributed by atoms with Crippen LogP contribution in [-0.2, 0) is 0 Å². The fourth-order valence-electron chi connectivity index (χ4n) is 3.03. The van der Waals surface area contributed by atoms with Crippen molar-refractivity contribution in [1.82, 2.24) is 10.2 Å². The van der Waals surface area contributed by atoms with E-state index in [2.05, 4.69) is 24.1 Å². The summed E-state index contributed by atoms with van der Waals surface area (Å²) in [5.74, 6) is 1.01. The Hall–Kier alpha value is -0.0800. The van der Waals surface area contributed by atoms with E-state index in [4.69, 9.17) is 0 Å². The van der Waals surface area contributed by atoms with Crippen LogP contribution in [-0.4, -0.2) is 36.6 Å². The van der Waals surface area contributed by atoms with Crippen LogP contribution in [0.3, 0.4) is 0 Å². The lowest BCUT2D eigenvalue weighted by atomic mass is 10.1. The van der Waals surface area contributed by atoms with E-state index in [0.717, 1.165) is 18.0 Å². The van der Waals surface area contributed by atoms with E-state index in [1.807, 2.05) is 0 Å². The van der Waals surface area contributed by atoms with Crippen molar-refractivity contribution in [2.75, 3.05) is 19.6 Å². The van der Waals surface area contributed by atoms with Crippen LogP contribution >= 0.6 is 0 Å². The van der Waals surface area contributed by atoms with Gasteiger partial charge in [0.05, 0.1) is 0 Å². The molecule has 1 aliphatic heterocycles. The average Bonchev–Trinajstić information content (AvgIpc) is 3.03. The number of nitrogens with zero attached hydrogens (tertiary/aromatic N) is 1. The third kappa shape index (κ3) is 3.46. The van der Waals surface area contributed by atoms with Crippen LogP contribution in [0.2, 0.25) is 0 Å². The summed E-state index contributed by atoms with van der Waals surface area (Å²) in [6, 6.07) is 1.65. The molecule has 1 heterocycles. The molecule has 2 atom stereocenters. The Balaban J connectivity index is 1.61. The molecular weight excluding hydrogens is 196 g/mol. The van der Waals surface area contributed by atoms with Gasteiger partial charge in [0, 0.05) is 25.2 Å². The van der Waals surface area contributed by atoms with Crippen molar-refractivity contribution in [3.8, 4) is 0 Å². The van der Waals surface area contributed by atoms with Crippen molar-refractivity contribution >= 4 is 0 Å². The van der Waals surface area contributed by atoms with E-state index >= 15 is 0 Å². The zero-order valence-corrected chi connectivity index (χ0v) is 11.0. The molecule has 0 radical (unpaired) electrons. The second kappa shape index (κ2) is 6.02. The quantitative estimate of drug-likeness (QED) is 0.715. The molecule has 1 N–H and O–H groups in total. The van der Waals surface area contributed by atoms with Crippen LogP contribution in [0.25, 0.3) is 0 Å². The number of hydrogen-bond donors (Lipinski definition) is 1. The van der Waals surface area contributed by atoms with Gasteiger partial charge in [-0.15, -0.1) is 0 Å². The zero-order chi connectivity index (χ0) is 11.4. The molecule has 2 heteroatoms. The monoisotopic (exact) mass is 224 g/mol.